The Labute approximate surface area is 113 Å². The van der Waals surface area contributed by atoms with Gasteiger partial charge in [0, 0.05) is 25.2 Å². The highest BCUT2D eigenvalue weighted by atomic mass is 15.3. The molecule has 0 amide bonds. The van der Waals surface area contributed by atoms with E-state index in [1.54, 1.807) is 0 Å². The van der Waals surface area contributed by atoms with Gasteiger partial charge >= 0.3 is 0 Å². The molecule has 0 bridgehead atoms. The number of piperazine rings is 1. The molecule has 0 radical (unpaired) electrons. The minimum absolute atomic E-state index is 0.715. The van der Waals surface area contributed by atoms with Gasteiger partial charge in [0.1, 0.15) is 0 Å². The number of piperidine rings is 1. The number of nitrogens with one attached hydrogen (secondary N) is 1. The Morgan fingerprint density at radius 2 is 1.67 bits per heavy atom. The van der Waals surface area contributed by atoms with E-state index in [9.17, 15) is 0 Å². The van der Waals surface area contributed by atoms with Gasteiger partial charge in [0.15, 0.2) is 0 Å². The van der Waals surface area contributed by atoms with Crippen LogP contribution in [0.1, 0.15) is 39.5 Å². The monoisotopic (exact) mass is 253 g/mol. The summed E-state index contributed by atoms with van der Waals surface area (Å²) >= 11 is 0. The molecule has 2 rings (SSSR count). The fraction of sp³-hybridized carbons (Fsp3) is 1.00. The first kappa shape index (κ1) is 14.3. The lowest BCUT2D eigenvalue weighted by Crippen LogP contribution is -2.54. The average molecular weight is 253 g/mol. The number of likely N-dealkylation sites (N-methyl/N-ethyl adjacent to an activating group) is 1. The summed E-state index contributed by atoms with van der Waals surface area (Å²) in [6.45, 7) is 11.0. The molecule has 106 valence electrons. The first-order valence-electron chi connectivity index (χ1n) is 7.82. The minimum atomic E-state index is 0.715. The maximum Gasteiger partial charge on any atom is 0.0195 e. The average Bonchev–Trinajstić information content (AvgIpc) is 2.37. The van der Waals surface area contributed by atoms with E-state index in [4.69, 9.17) is 0 Å². The van der Waals surface area contributed by atoms with E-state index in [-0.39, 0.29) is 0 Å². The molecule has 2 saturated heterocycles. The van der Waals surface area contributed by atoms with Crippen LogP contribution in [0.4, 0.5) is 0 Å². The summed E-state index contributed by atoms with van der Waals surface area (Å²) in [5, 5.41) is 3.46. The van der Waals surface area contributed by atoms with Crippen LogP contribution in [-0.2, 0) is 0 Å². The quantitative estimate of drug-likeness (QED) is 0.824. The second-order valence-corrected chi connectivity index (χ2v) is 6.46. The van der Waals surface area contributed by atoms with Gasteiger partial charge in [-0.3, -0.25) is 4.90 Å². The molecule has 0 aromatic rings. The van der Waals surface area contributed by atoms with Gasteiger partial charge in [0.25, 0.3) is 0 Å². The zero-order valence-electron chi connectivity index (χ0n) is 12.5. The molecule has 0 aliphatic carbocycles. The van der Waals surface area contributed by atoms with Crippen LogP contribution in [0.5, 0.6) is 0 Å². The molecule has 2 unspecified atom stereocenters. The van der Waals surface area contributed by atoms with Gasteiger partial charge in [0.2, 0.25) is 0 Å². The Hall–Kier alpha value is -0.120. The van der Waals surface area contributed by atoms with Crippen LogP contribution in [0.2, 0.25) is 0 Å². The first-order chi connectivity index (χ1) is 8.66. The van der Waals surface area contributed by atoms with E-state index in [2.05, 4.69) is 36.0 Å². The van der Waals surface area contributed by atoms with E-state index in [1.165, 1.54) is 58.4 Å². The van der Waals surface area contributed by atoms with Crippen LogP contribution in [0.25, 0.3) is 0 Å². The fourth-order valence-corrected chi connectivity index (χ4v) is 3.47. The Bertz CT molecular complexity index is 226. The topological polar surface area (TPSA) is 18.5 Å². The van der Waals surface area contributed by atoms with Gasteiger partial charge in [0.05, 0.1) is 0 Å². The molecule has 0 aromatic carbocycles. The lowest BCUT2D eigenvalue weighted by atomic mass is 9.93. The number of rotatable bonds is 4. The molecule has 1 N–H and O–H groups in total. The van der Waals surface area contributed by atoms with Gasteiger partial charge in [-0.15, -0.1) is 0 Å². The fourth-order valence-electron chi connectivity index (χ4n) is 3.47. The molecule has 3 heteroatoms. The molecule has 0 saturated carbocycles. The molecule has 2 aliphatic rings. The van der Waals surface area contributed by atoms with E-state index >= 15 is 0 Å². The van der Waals surface area contributed by atoms with Crippen LogP contribution in [0.3, 0.4) is 0 Å². The van der Waals surface area contributed by atoms with Crippen LogP contribution in [0.15, 0.2) is 0 Å². The highest BCUT2D eigenvalue weighted by Gasteiger charge is 2.26. The van der Waals surface area contributed by atoms with Crippen molar-refractivity contribution in [2.75, 3.05) is 39.8 Å². The van der Waals surface area contributed by atoms with E-state index in [1.807, 2.05) is 0 Å². The molecular formula is C15H31N3. The zero-order chi connectivity index (χ0) is 13.0. The molecule has 2 heterocycles. The van der Waals surface area contributed by atoms with Crippen molar-refractivity contribution in [1.82, 2.24) is 15.1 Å². The predicted octanol–water partition coefficient (Wildman–Crippen LogP) is 1.79. The Kier molecular flexibility index (Phi) is 5.46. The first-order valence-corrected chi connectivity index (χ1v) is 7.82. The third-order valence-corrected chi connectivity index (χ3v) is 4.98. The summed E-state index contributed by atoms with van der Waals surface area (Å²) in [4.78, 5) is 5.19. The maximum absolute atomic E-state index is 3.46. The maximum atomic E-state index is 3.46. The van der Waals surface area contributed by atoms with Gasteiger partial charge in [-0.2, -0.15) is 0 Å². The van der Waals surface area contributed by atoms with Gasteiger partial charge in [-0.1, -0.05) is 0 Å². The Balaban J connectivity index is 1.64. The summed E-state index contributed by atoms with van der Waals surface area (Å²) in [5.74, 6) is 0.994. The van der Waals surface area contributed by atoms with E-state index < -0.39 is 0 Å². The predicted molar refractivity (Wildman–Crippen MR) is 78.0 cm³/mol. The van der Waals surface area contributed by atoms with Gasteiger partial charge < -0.3 is 10.2 Å². The summed E-state index contributed by atoms with van der Waals surface area (Å²) in [6.07, 6.45) is 5.63. The largest absolute Gasteiger partial charge is 0.317 e. The summed E-state index contributed by atoms with van der Waals surface area (Å²) in [7, 11) is 2.27. The van der Waals surface area contributed by atoms with Crippen LogP contribution in [-0.4, -0.2) is 61.7 Å². The van der Waals surface area contributed by atoms with Crippen LogP contribution in [0, 0.1) is 5.92 Å². The van der Waals surface area contributed by atoms with E-state index in [0.717, 1.165) is 5.92 Å². The Morgan fingerprint density at radius 3 is 2.28 bits per heavy atom. The molecule has 18 heavy (non-hydrogen) atoms. The van der Waals surface area contributed by atoms with Crippen LogP contribution >= 0.6 is 0 Å². The Morgan fingerprint density at radius 1 is 1.06 bits per heavy atom. The molecule has 0 spiro atoms. The second-order valence-electron chi connectivity index (χ2n) is 6.46. The van der Waals surface area contributed by atoms with E-state index in [0.29, 0.717) is 12.1 Å². The SMILES string of the molecule is CC1CN(CCCC2CCNCC2)CC(C)N1C. The van der Waals surface area contributed by atoms with Crippen molar-refractivity contribution in [2.24, 2.45) is 5.92 Å². The van der Waals surface area contributed by atoms with Crippen LogP contribution < -0.4 is 5.32 Å². The summed E-state index contributed by atoms with van der Waals surface area (Å²) in [5.41, 5.74) is 0. The molecular weight excluding hydrogens is 222 g/mol. The van der Waals surface area contributed by atoms with Crippen molar-refractivity contribution in [1.29, 1.82) is 0 Å². The van der Waals surface area contributed by atoms with Crippen molar-refractivity contribution < 1.29 is 0 Å². The van der Waals surface area contributed by atoms with Crippen molar-refractivity contribution in [3.63, 3.8) is 0 Å². The number of hydrogen-bond acceptors (Lipinski definition) is 3. The molecule has 0 aromatic heterocycles. The summed E-state index contributed by atoms with van der Waals surface area (Å²) in [6, 6.07) is 1.43. The highest BCUT2D eigenvalue weighted by Crippen LogP contribution is 2.19. The standard InChI is InChI=1S/C15H31N3/c1-13-11-18(12-14(2)17(13)3)10-4-5-15-6-8-16-9-7-15/h13-16H,4-12H2,1-3H3. The molecule has 3 nitrogen and oxygen atoms in total. The van der Waals surface area contributed by atoms with Crippen molar-refractivity contribution >= 4 is 0 Å². The molecule has 2 aliphatic heterocycles. The summed E-state index contributed by atoms with van der Waals surface area (Å²) < 4.78 is 0. The zero-order valence-corrected chi connectivity index (χ0v) is 12.5. The third kappa shape index (κ3) is 3.94. The minimum Gasteiger partial charge on any atom is -0.317 e. The van der Waals surface area contributed by atoms with Crippen molar-refractivity contribution in [3.8, 4) is 0 Å². The number of nitrogens with zero attached hydrogens (tertiary/aromatic N) is 2. The lowest BCUT2D eigenvalue weighted by Gasteiger charge is -2.42. The van der Waals surface area contributed by atoms with Crippen molar-refractivity contribution in [2.45, 2.75) is 51.6 Å². The lowest BCUT2D eigenvalue weighted by molar-refractivity contribution is 0.0582. The second kappa shape index (κ2) is 6.88. The molecule has 2 fully saturated rings. The normalized spacial score (nSPS) is 32.8. The van der Waals surface area contributed by atoms with Gasteiger partial charge in [-0.05, 0) is 72.1 Å². The third-order valence-electron chi connectivity index (χ3n) is 4.98. The molecule has 2 atom stereocenters. The smallest absolute Gasteiger partial charge is 0.0195 e. The number of hydrogen-bond donors (Lipinski definition) is 1. The van der Waals surface area contributed by atoms with Crippen molar-refractivity contribution in [3.05, 3.63) is 0 Å². The van der Waals surface area contributed by atoms with Gasteiger partial charge in [-0.25, -0.2) is 0 Å². The highest BCUT2D eigenvalue weighted by molar-refractivity contribution is 4.82.